The number of aryl methyl sites for hydroxylation is 1. The highest BCUT2D eigenvalue weighted by Crippen LogP contribution is 2.20. The summed E-state index contributed by atoms with van der Waals surface area (Å²) in [7, 11) is 0. The van der Waals surface area contributed by atoms with Crippen LogP contribution in [-0.4, -0.2) is 25.8 Å². The largest absolute Gasteiger partial charge is 0.340 e. The van der Waals surface area contributed by atoms with Crippen LogP contribution >= 0.6 is 11.6 Å². The Hall–Kier alpha value is -3.91. The van der Waals surface area contributed by atoms with E-state index in [-0.39, 0.29) is 6.03 Å². The predicted molar refractivity (Wildman–Crippen MR) is 118 cm³/mol. The Kier molecular flexibility index (Phi) is 5.58. The van der Waals surface area contributed by atoms with E-state index in [4.69, 9.17) is 11.6 Å². The second-order valence-corrected chi connectivity index (χ2v) is 6.84. The molecule has 4 rings (SSSR count). The zero-order valence-corrected chi connectivity index (χ0v) is 16.8. The SMILES string of the molecule is Cc1nc(Nc2ccc(NC(=O)Nc3cccc(Cl)c3)cc2)cc(-n2cccn2)n1. The molecule has 2 aromatic heterocycles. The van der Waals surface area contributed by atoms with E-state index in [1.807, 2.05) is 37.4 Å². The van der Waals surface area contributed by atoms with Gasteiger partial charge in [0.2, 0.25) is 0 Å². The topological polar surface area (TPSA) is 96.8 Å². The number of halogens is 1. The van der Waals surface area contributed by atoms with Crippen LogP contribution < -0.4 is 16.0 Å². The minimum absolute atomic E-state index is 0.353. The average molecular weight is 420 g/mol. The zero-order chi connectivity index (χ0) is 20.9. The van der Waals surface area contributed by atoms with E-state index in [2.05, 4.69) is 31.0 Å². The number of nitrogens with zero attached hydrogens (tertiary/aromatic N) is 4. The first-order valence-electron chi connectivity index (χ1n) is 9.11. The van der Waals surface area contributed by atoms with E-state index >= 15 is 0 Å². The summed E-state index contributed by atoms with van der Waals surface area (Å²) in [5, 5.41) is 13.5. The fourth-order valence-electron chi connectivity index (χ4n) is 2.78. The third-order valence-corrected chi connectivity index (χ3v) is 4.30. The highest BCUT2D eigenvalue weighted by Gasteiger charge is 2.06. The zero-order valence-electron chi connectivity index (χ0n) is 16.0. The molecule has 2 amide bonds. The van der Waals surface area contributed by atoms with Gasteiger partial charge in [-0.05, 0) is 55.5 Å². The molecule has 8 nitrogen and oxygen atoms in total. The fraction of sp³-hybridized carbons (Fsp3) is 0.0476. The number of carbonyl (C=O) groups is 1. The standard InChI is InChI=1S/C21H18ClN7O/c1-14-24-19(13-20(25-14)29-11-3-10-23-29)26-16-6-8-17(9-7-16)27-21(30)28-18-5-2-4-15(22)12-18/h2-13H,1H3,(H,24,25,26)(H2,27,28,30). The molecule has 2 aromatic carbocycles. The molecule has 0 aliphatic rings. The Morgan fingerprint density at radius 1 is 0.933 bits per heavy atom. The van der Waals surface area contributed by atoms with E-state index < -0.39 is 0 Å². The monoisotopic (exact) mass is 419 g/mol. The van der Waals surface area contributed by atoms with E-state index in [1.165, 1.54) is 0 Å². The van der Waals surface area contributed by atoms with Gasteiger partial charge in [0, 0.05) is 40.5 Å². The molecule has 2 heterocycles. The van der Waals surface area contributed by atoms with Crippen molar-refractivity contribution >= 4 is 40.5 Å². The van der Waals surface area contributed by atoms with Crippen molar-refractivity contribution in [2.24, 2.45) is 0 Å². The van der Waals surface area contributed by atoms with Crippen LogP contribution in [0.5, 0.6) is 0 Å². The number of hydrogen-bond acceptors (Lipinski definition) is 5. The van der Waals surface area contributed by atoms with Crippen molar-refractivity contribution in [3.8, 4) is 5.82 Å². The van der Waals surface area contributed by atoms with Crippen LogP contribution in [0.2, 0.25) is 5.02 Å². The van der Waals surface area contributed by atoms with Crippen molar-refractivity contribution in [3.63, 3.8) is 0 Å². The average Bonchev–Trinajstić information content (AvgIpc) is 3.24. The Bertz CT molecular complexity index is 1160. The summed E-state index contributed by atoms with van der Waals surface area (Å²) in [6.45, 7) is 1.82. The minimum Gasteiger partial charge on any atom is -0.340 e. The molecule has 0 aliphatic carbocycles. The lowest BCUT2D eigenvalue weighted by Gasteiger charge is -2.11. The molecular weight excluding hydrogens is 402 g/mol. The number of benzene rings is 2. The molecule has 0 bridgehead atoms. The van der Waals surface area contributed by atoms with Gasteiger partial charge in [-0.15, -0.1) is 0 Å². The first-order valence-corrected chi connectivity index (χ1v) is 9.49. The van der Waals surface area contributed by atoms with Gasteiger partial charge in [0.25, 0.3) is 0 Å². The predicted octanol–water partition coefficient (Wildman–Crippen LogP) is 5.01. The van der Waals surface area contributed by atoms with Crippen LogP contribution in [0.1, 0.15) is 5.82 Å². The normalized spacial score (nSPS) is 10.5. The molecule has 9 heteroatoms. The fourth-order valence-corrected chi connectivity index (χ4v) is 2.97. The number of carbonyl (C=O) groups excluding carboxylic acids is 1. The maximum absolute atomic E-state index is 12.2. The van der Waals surface area contributed by atoms with Crippen molar-refractivity contribution in [3.05, 3.63) is 83.9 Å². The summed E-state index contributed by atoms with van der Waals surface area (Å²) in [6.07, 6.45) is 3.51. The quantitative estimate of drug-likeness (QED) is 0.422. The third kappa shape index (κ3) is 4.92. The second kappa shape index (κ2) is 8.62. The second-order valence-electron chi connectivity index (χ2n) is 6.40. The Balaban J connectivity index is 1.41. The molecule has 0 atom stereocenters. The maximum atomic E-state index is 12.2. The lowest BCUT2D eigenvalue weighted by Crippen LogP contribution is -2.19. The van der Waals surface area contributed by atoms with Crippen LogP contribution in [0.15, 0.2) is 73.1 Å². The number of urea groups is 1. The number of nitrogens with one attached hydrogen (secondary N) is 3. The van der Waals surface area contributed by atoms with Crippen molar-refractivity contribution < 1.29 is 4.79 Å². The lowest BCUT2D eigenvalue weighted by atomic mass is 10.2. The lowest BCUT2D eigenvalue weighted by molar-refractivity contribution is 0.262. The van der Waals surface area contributed by atoms with E-state index in [0.29, 0.717) is 33.9 Å². The molecule has 0 saturated carbocycles. The van der Waals surface area contributed by atoms with Gasteiger partial charge in [0.15, 0.2) is 5.82 Å². The van der Waals surface area contributed by atoms with E-state index in [1.54, 1.807) is 47.3 Å². The number of hydrogen-bond donors (Lipinski definition) is 3. The molecule has 0 saturated heterocycles. The number of amides is 2. The molecular formula is C21H18ClN7O. The number of aromatic nitrogens is 4. The molecule has 0 radical (unpaired) electrons. The van der Waals surface area contributed by atoms with Gasteiger partial charge in [-0.3, -0.25) is 0 Å². The van der Waals surface area contributed by atoms with Gasteiger partial charge in [-0.1, -0.05) is 17.7 Å². The van der Waals surface area contributed by atoms with Crippen molar-refractivity contribution in [1.29, 1.82) is 0 Å². The van der Waals surface area contributed by atoms with E-state index in [9.17, 15) is 4.79 Å². The first kappa shape index (κ1) is 19.4. The van der Waals surface area contributed by atoms with Gasteiger partial charge < -0.3 is 16.0 Å². The molecule has 0 aliphatic heterocycles. The van der Waals surface area contributed by atoms with Gasteiger partial charge in [-0.25, -0.2) is 19.4 Å². The highest BCUT2D eigenvalue weighted by atomic mass is 35.5. The van der Waals surface area contributed by atoms with Crippen LogP contribution in [0.3, 0.4) is 0 Å². The van der Waals surface area contributed by atoms with E-state index in [0.717, 1.165) is 5.69 Å². The van der Waals surface area contributed by atoms with Crippen LogP contribution in [0, 0.1) is 6.92 Å². The number of anilines is 4. The Morgan fingerprint density at radius 2 is 1.70 bits per heavy atom. The van der Waals surface area contributed by atoms with Crippen LogP contribution in [0.25, 0.3) is 5.82 Å². The van der Waals surface area contributed by atoms with Gasteiger partial charge >= 0.3 is 6.03 Å². The highest BCUT2D eigenvalue weighted by molar-refractivity contribution is 6.30. The molecule has 0 spiro atoms. The summed E-state index contributed by atoms with van der Waals surface area (Å²) >= 11 is 5.93. The smallest absolute Gasteiger partial charge is 0.323 e. The maximum Gasteiger partial charge on any atom is 0.323 e. The molecule has 0 fully saturated rings. The van der Waals surface area contributed by atoms with Gasteiger partial charge in [0.05, 0.1) is 0 Å². The minimum atomic E-state index is -0.353. The Labute approximate surface area is 177 Å². The van der Waals surface area contributed by atoms with Crippen molar-refractivity contribution in [1.82, 2.24) is 19.7 Å². The molecule has 4 aromatic rings. The molecule has 150 valence electrons. The van der Waals surface area contributed by atoms with Gasteiger partial charge in [0.1, 0.15) is 11.6 Å². The summed E-state index contributed by atoms with van der Waals surface area (Å²) in [4.78, 5) is 21.0. The Morgan fingerprint density at radius 3 is 2.43 bits per heavy atom. The number of rotatable bonds is 5. The van der Waals surface area contributed by atoms with Crippen molar-refractivity contribution in [2.45, 2.75) is 6.92 Å². The van der Waals surface area contributed by atoms with Crippen molar-refractivity contribution in [2.75, 3.05) is 16.0 Å². The molecule has 3 N–H and O–H groups in total. The van der Waals surface area contributed by atoms with Crippen LogP contribution in [0.4, 0.5) is 27.7 Å². The van der Waals surface area contributed by atoms with Gasteiger partial charge in [-0.2, -0.15) is 5.10 Å². The molecule has 30 heavy (non-hydrogen) atoms. The molecule has 0 unspecified atom stereocenters. The summed E-state index contributed by atoms with van der Waals surface area (Å²) in [5.41, 5.74) is 2.09. The van der Waals surface area contributed by atoms with Crippen LogP contribution in [-0.2, 0) is 0 Å². The summed E-state index contributed by atoms with van der Waals surface area (Å²) in [6, 6.07) is 17.5. The first-order chi connectivity index (χ1) is 14.5. The summed E-state index contributed by atoms with van der Waals surface area (Å²) < 4.78 is 1.67. The summed E-state index contributed by atoms with van der Waals surface area (Å²) in [5.74, 6) is 1.94. The third-order valence-electron chi connectivity index (χ3n) is 4.06.